The average molecular weight is 230 g/mol. The number of unbranched alkanes of at least 4 members (excludes halogenated alkanes) is 1. The third-order valence-electron chi connectivity index (χ3n) is 1.86. The van der Waals surface area contributed by atoms with E-state index in [1.807, 2.05) is 6.92 Å². The van der Waals surface area contributed by atoms with Gasteiger partial charge in [0.15, 0.2) is 0 Å². The highest BCUT2D eigenvalue weighted by Crippen LogP contribution is 1.91. The summed E-state index contributed by atoms with van der Waals surface area (Å²) in [6.45, 7) is 2.31. The summed E-state index contributed by atoms with van der Waals surface area (Å²) in [7, 11) is -3.71. The van der Waals surface area contributed by atoms with Gasteiger partial charge < -0.3 is 0 Å². The summed E-state index contributed by atoms with van der Waals surface area (Å²) in [5, 5.41) is 0. The zero-order chi connectivity index (χ0) is 11.3. The maximum Gasteiger partial charge on any atom is 0.307 e. The Morgan fingerprint density at radius 3 is 2.73 bits per heavy atom. The molecule has 1 aromatic heterocycles. The predicted octanol–water partition coefficient (Wildman–Crippen LogP) is 0.331. The number of aromatic nitrogens is 1. The molecular formula is C9H14N2O3S. The first kappa shape index (κ1) is 11.9. The van der Waals surface area contributed by atoms with Crippen molar-refractivity contribution in [3.8, 4) is 0 Å². The van der Waals surface area contributed by atoms with Crippen LogP contribution in [0.2, 0.25) is 0 Å². The molecule has 0 spiro atoms. The van der Waals surface area contributed by atoms with Crippen LogP contribution in [-0.4, -0.2) is 18.9 Å². The highest BCUT2D eigenvalue weighted by Gasteiger charge is 2.11. The SMILES string of the molecule is CCCCNS(=O)(=O)n1ccccc1=O. The fourth-order valence-electron chi connectivity index (χ4n) is 1.06. The van der Waals surface area contributed by atoms with Gasteiger partial charge in [-0.25, -0.2) is 0 Å². The molecule has 0 atom stereocenters. The summed E-state index contributed by atoms with van der Waals surface area (Å²) in [5.41, 5.74) is -0.554. The molecule has 0 saturated carbocycles. The van der Waals surface area contributed by atoms with E-state index in [-0.39, 0.29) is 0 Å². The summed E-state index contributed by atoms with van der Waals surface area (Å²) in [6, 6.07) is 4.21. The molecule has 1 N–H and O–H groups in total. The van der Waals surface area contributed by atoms with Crippen LogP contribution in [0.1, 0.15) is 19.8 Å². The van der Waals surface area contributed by atoms with Crippen LogP contribution in [0.3, 0.4) is 0 Å². The second-order valence-corrected chi connectivity index (χ2v) is 4.72. The molecule has 0 fully saturated rings. The molecule has 0 saturated heterocycles. The number of nitrogens with one attached hydrogen (secondary N) is 1. The molecule has 0 aromatic carbocycles. The van der Waals surface area contributed by atoms with Gasteiger partial charge in [-0.1, -0.05) is 19.4 Å². The molecule has 1 heterocycles. The molecule has 6 heteroatoms. The lowest BCUT2D eigenvalue weighted by Gasteiger charge is -2.07. The van der Waals surface area contributed by atoms with Crippen LogP contribution in [0.4, 0.5) is 0 Å². The smallest absolute Gasteiger partial charge is 0.268 e. The van der Waals surface area contributed by atoms with Crippen molar-refractivity contribution >= 4 is 10.2 Å². The molecule has 0 aliphatic rings. The van der Waals surface area contributed by atoms with Crippen LogP contribution in [0.15, 0.2) is 29.2 Å². The number of hydrogen-bond donors (Lipinski definition) is 1. The lowest BCUT2D eigenvalue weighted by Crippen LogP contribution is -2.36. The highest BCUT2D eigenvalue weighted by atomic mass is 32.2. The second kappa shape index (κ2) is 5.09. The lowest BCUT2D eigenvalue weighted by molar-refractivity contribution is 0.567. The standard InChI is InChI=1S/C9H14N2O3S/c1-2-3-7-10-15(13,14)11-8-5-4-6-9(11)12/h4-6,8,10H,2-3,7H2,1H3. The monoisotopic (exact) mass is 230 g/mol. The van der Waals surface area contributed by atoms with E-state index < -0.39 is 15.8 Å². The minimum Gasteiger partial charge on any atom is -0.268 e. The molecule has 0 unspecified atom stereocenters. The van der Waals surface area contributed by atoms with Gasteiger partial charge in [-0.05, 0) is 12.5 Å². The Morgan fingerprint density at radius 1 is 1.40 bits per heavy atom. The van der Waals surface area contributed by atoms with Crippen molar-refractivity contribution in [1.29, 1.82) is 0 Å². The van der Waals surface area contributed by atoms with Crippen molar-refractivity contribution in [2.75, 3.05) is 6.54 Å². The fraction of sp³-hybridized carbons (Fsp3) is 0.444. The Balaban J connectivity index is 2.88. The molecule has 0 amide bonds. The van der Waals surface area contributed by atoms with Crippen molar-refractivity contribution < 1.29 is 8.42 Å². The van der Waals surface area contributed by atoms with Crippen molar-refractivity contribution in [2.45, 2.75) is 19.8 Å². The van der Waals surface area contributed by atoms with E-state index >= 15 is 0 Å². The third-order valence-corrected chi connectivity index (χ3v) is 3.25. The predicted molar refractivity (Wildman–Crippen MR) is 57.9 cm³/mol. The van der Waals surface area contributed by atoms with E-state index in [2.05, 4.69) is 4.72 Å². The van der Waals surface area contributed by atoms with Crippen LogP contribution < -0.4 is 10.3 Å². The quantitative estimate of drug-likeness (QED) is 0.741. The van der Waals surface area contributed by atoms with E-state index in [4.69, 9.17) is 0 Å². The third kappa shape index (κ3) is 3.17. The molecule has 0 bridgehead atoms. The number of nitrogens with zero attached hydrogens (tertiary/aromatic N) is 1. The summed E-state index contributed by atoms with van der Waals surface area (Å²) in [6.07, 6.45) is 2.88. The van der Waals surface area contributed by atoms with E-state index in [0.29, 0.717) is 10.5 Å². The Labute approximate surface area is 88.9 Å². The van der Waals surface area contributed by atoms with Gasteiger partial charge in [-0.15, -0.1) is 0 Å². The molecule has 0 radical (unpaired) electrons. The van der Waals surface area contributed by atoms with Gasteiger partial charge in [0.05, 0.1) is 0 Å². The fourth-order valence-corrected chi connectivity index (χ4v) is 2.13. The summed E-state index contributed by atoms with van der Waals surface area (Å²) < 4.78 is 26.2. The number of pyridine rings is 1. The largest absolute Gasteiger partial charge is 0.307 e. The van der Waals surface area contributed by atoms with E-state index in [1.165, 1.54) is 24.4 Å². The Kier molecular flexibility index (Phi) is 4.05. The second-order valence-electron chi connectivity index (χ2n) is 3.09. The van der Waals surface area contributed by atoms with Gasteiger partial charge in [0.25, 0.3) is 5.56 Å². The zero-order valence-corrected chi connectivity index (χ0v) is 9.33. The summed E-state index contributed by atoms with van der Waals surface area (Å²) in [4.78, 5) is 11.2. The van der Waals surface area contributed by atoms with Gasteiger partial charge in [0.1, 0.15) is 0 Å². The summed E-state index contributed by atoms with van der Waals surface area (Å²) in [5.74, 6) is 0. The van der Waals surface area contributed by atoms with Crippen LogP contribution in [0, 0.1) is 0 Å². The summed E-state index contributed by atoms with van der Waals surface area (Å²) >= 11 is 0. The van der Waals surface area contributed by atoms with Crippen LogP contribution >= 0.6 is 0 Å². The van der Waals surface area contributed by atoms with Gasteiger partial charge in [0, 0.05) is 18.8 Å². The first-order chi connectivity index (χ1) is 7.08. The lowest BCUT2D eigenvalue weighted by atomic mass is 10.3. The van der Waals surface area contributed by atoms with Crippen molar-refractivity contribution in [3.63, 3.8) is 0 Å². The van der Waals surface area contributed by atoms with E-state index in [9.17, 15) is 13.2 Å². The first-order valence-corrected chi connectivity index (χ1v) is 6.20. The Bertz CT molecular complexity index is 464. The Morgan fingerprint density at radius 2 is 2.13 bits per heavy atom. The zero-order valence-electron chi connectivity index (χ0n) is 8.51. The average Bonchev–Trinajstić information content (AvgIpc) is 2.18. The molecule has 0 aliphatic carbocycles. The van der Waals surface area contributed by atoms with Gasteiger partial charge in [-0.3, -0.25) is 4.79 Å². The van der Waals surface area contributed by atoms with Crippen LogP contribution in [0.5, 0.6) is 0 Å². The topological polar surface area (TPSA) is 68.2 Å². The number of rotatable bonds is 5. The van der Waals surface area contributed by atoms with Gasteiger partial charge in [-0.2, -0.15) is 17.1 Å². The van der Waals surface area contributed by atoms with Crippen LogP contribution in [-0.2, 0) is 10.2 Å². The number of hydrogen-bond acceptors (Lipinski definition) is 3. The minimum absolute atomic E-state index is 0.347. The van der Waals surface area contributed by atoms with Crippen molar-refractivity contribution in [2.24, 2.45) is 0 Å². The molecule has 5 nitrogen and oxygen atoms in total. The normalized spacial score (nSPS) is 11.5. The molecule has 1 rings (SSSR count). The Hall–Kier alpha value is -1.14. The van der Waals surface area contributed by atoms with E-state index in [1.54, 1.807) is 0 Å². The maximum absolute atomic E-state index is 11.6. The molecule has 0 aliphatic heterocycles. The maximum atomic E-state index is 11.6. The van der Waals surface area contributed by atoms with Crippen LogP contribution in [0.25, 0.3) is 0 Å². The molecule has 15 heavy (non-hydrogen) atoms. The van der Waals surface area contributed by atoms with Gasteiger partial charge >= 0.3 is 10.2 Å². The molecular weight excluding hydrogens is 216 g/mol. The van der Waals surface area contributed by atoms with Crippen molar-refractivity contribution in [1.82, 2.24) is 8.69 Å². The van der Waals surface area contributed by atoms with E-state index in [0.717, 1.165) is 12.8 Å². The molecule has 1 aromatic rings. The van der Waals surface area contributed by atoms with Crippen molar-refractivity contribution in [3.05, 3.63) is 34.7 Å². The highest BCUT2D eigenvalue weighted by molar-refractivity contribution is 7.87. The van der Waals surface area contributed by atoms with Gasteiger partial charge in [0.2, 0.25) is 0 Å². The molecule has 84 valence electrons. The first-order valence-electron chi connectivity index (χ1n) is 4.76. The minimum atomic E-state index is -3.71.